The molecule has 0 radical (unpaired) electrons. The van der Waals surface area contributed by atoms with E-state index in [2.05, 4.69) is 41.7 Å². The van der Waals surface area contributed by atoms with Crippen LogP contribution >= 0.6 is 0 Å². The predicted molar refractivity (Wildman–Crippen MR) is 63.6 cm³/mol. The number of fused-ring (bicyclic) bond motifs is 2. The van der Waals surface area contributed by atoms with E-state index in [1.807, 2.05) is 0 Å². The molecule has 0 saturated carbocycles. The van der Waals surface area contributed by atoms with Gasteiger partial charge in [0.1, 0.15) is 0 Å². The van der Waals surface area contributed by atoms with Crippen LogP contribution in [0.3, 0.4) is 0 Å². The second-order valence-electron chi connectivity index (χ2n) is 4.66. The first-order valence-corrected chi connectivity index (χ1v) is 5.94. The van der Waals surface area contributed by atoms with E-state index in [4.69, 9.17) is 0 Å². The summed E-state index contributed by atoms with van der Waals surface area (Å²) >= 11 is 0. The van der Waals surface area contributed by atoms with E-state index in [-0.39, 0.29) is 0 Å². The van der Waals surface area contributed by atoms with Crippen LogP contribution in [0.15, 0.2) is 36.4 Å². The lowest BCUT2D eigenvalue weighted by Crippen LogP contribution is -2.44. The van der Waals surface area contributed by atoms with Crippen LogP contribution in [0.25, 0.3) is 5.57 Å². The molecule has 2 unspecified atom stereocenters. The monoisotopic (exact) mass is 199 g/mol. The third-order valence-corrected chi connectivity index (χ3v) is 3.53. The third kappa shape index (κ3) is 1.84. The molecule has 2 atom stereocenters. The summed E-state index contributed by atoms with van der Waals surface area (Å²) in [6, 6.07) is 12.2. The van der Waals surface area contributed by atoms with Crippen LogP contribution in [-0.2, 0) is 0 Å². The molecule has 0 spiro atoms. The molecule has 0 amide bonds. The fourth-order valence-electron chi connectivity index (χ4n) is 2.79. The molecule has 15 heavy (non-hydrogen) atoms. The molecule has 1 saturated heterocycles. The van der Waals surface area contributed by atoms with Gasteiger partial charge in [0.05, 0.1) is 0 Å². The van der Waals surface area contributed by atoms with E-state index in [0.717, 1.165) is 6.04 Å². The molecular formula is C14H17N. The maximum Gasteiger partial charge on any atom is 0.0258 e. The quantitative estimate of drug-likeness (QED) is 0.733. The van der Waals surface area contributed by atoms with Gasteiger partial charge in [-0.2, -0.15) is 0 Å². The zero-order valence-electron chi connectivity index (χ0n) is 8.95. The zero-order valence-corrected chi connectivity index (χ0v) is 8.95. The van der Waals surface area contributed by atoms with Gasteiger partial charge in [-0.1, -0.05) is 42.8 Å². The minimum Gasteiger partial charge on any atom is -0.307 e. The molecule has 1 aromatic rings. The Kier molecular flexibility index (Phi) is 2.34. The predicted octanol–water partition coefficient (Wildman–Crippen LogP) is 2.98. The summed E-state index contributed by atoms with van der Waals surface area (Å²) in [6.45, 7) is 0. The van der Waals surface area contributed by atoms with E-state index < -0.39 is 0 Å². The molecular weight excluding hydrogens is 182 g/mol. The van der Waals surface area contributed by atoms with Gasteiger partial charge < -0.3 is 5.32 Å². The summed E-state index contributed by atoms with van der Waals surface area (Å²) in [5, 5.41) is 3.68. The largest absolute Gasteiger partial charge is 0.307 e. The second-order valence-corrected chi connectivity index (χ2v) is 4.66. The summed E-state index contributed by atoms with van der Waals surface area (Å²) in [5.41, 5.74) is 2.96. The van der Waals surface area contributed by atoms with Crippen LogP contribution in [-0.4, -0.2) is 12.1 Å². The number of piperidine rings is 1. The highest BCUT2D eigenvalue weighted by Crippen LogP contribution is 2.30. The van der Waals surface area contributed by atoms with Crippen molar-refractivity contribution in [3.8, 4) is 0 Å². The zero-order chi connectivity index (χ0) is 10.1. The molecule has 1 N–H and O–H groups in total. The van der Waals surface area contributed by atoms with Gasteiger partial charge in [-0.15, -0.1) is 0 Å². The Morgan fingerprint density at radius 3 is 2.73 bits per heavy atom. The molecule has 2 aliphatic heterocycles. The number of rotatable bonds is 1. The molecule has 3 rings (SSSR count). The lowest BCUT2D eigenvalue weighted by atomic mass is 9.85. The van der Waals surface area contributed by atoms with Crippen molar-refractivity contribution in [2.45, 2.75) is 37.8 Å². The van der Waals surface area contributed by atoms with Crippen LogP contribution < -0.4 is 5.32 Å². The molecule has 2 aliphatic rings. The van der Waals surface area contributed by atoms with Crippen LogP contribution in [0.4, 0.5) is 0 Å². The maximum atomic E-state index is 3.68. The fourth-order valence-corrected chi connectivity index (χ4v) is 2.79. The van der Waals surface area contributed by atoms with E-state index in [1.165, 1.54) is 31.2 Å². The van der Waals surface area contributed by atoms with Gasteiger partial charge in [-0.3, -0.25) is 0 Å². The van der Waals surface area contributed by atoms with Crippen molar-refractivity contribution in [2.75, 3.05) is 0 Å². The van der Waals surface area contributed by atoms with E-state index in [9.17, 15) is 0 Å². The molecule has 0 aromatic heterocycles. The highest BCUT2D eigenvalue weighted by molar-refractivity contribution is 5.67. The summed E-state index contributed by atoms with van der Waals surface area (Å²) < 4.78 is 0. The van der Waals surface area contributed by atoms with Crippen molar-refractivity contribution in [3.05, 3.63) is 42.0 Å². The second kappa shape index (κ2) is 3.82. The Hall–Kier alpha value is -1.08. The Balaban J connectivity index is 1.91. The van der Waals surface area contributed by atoms with Gasteiger partial charge >= 0.3 is 0 Å². The van der Waals surface area contributed by atoms with Gasteiger partial charge in [-0.05, 0) is 30.4 Å². The molecule has 2 bridgehead atoms. The summed E-state index contributed by atoms with van der Waals surface area (Å²) in [4.78, 5) is 0. The minimum atomic E-state index is 0.632. The average molecular weight is 199 g/mol. The topological polar surface area (TPSA) is 12.0 Å². The van der Waals surface area contributed by atoms with Crippen LogP contribution in [0.1, 0.15) is 31.2 Å². The van der Waals surface area contributed by atoms with E-state index in [1.54, 1.807) is 5.57 Å². The van der Waals surface area contributed by atoms with Crippen LogP contribution in [0.2, 0.25) is 0 Å². The van der Waals surface area contributed by atoms with Crippen molar-refractivity contribution >= 4 is 5.57 Å². The SMILES string of the molecule is C1=C(c2ccccc2)CC2CCCC1N2. The number of hydrogen-bond donors (Lipinski definition) is 1. The maximum absolute atomic E-state index is 3.68. The molecule has 1 fully saturated rings. The Labute approximate surface area is 91.2 Å². The first-order chi connectivity index (χ1) is 7.42. The molecule has 1 heteroatoms. The standard InChI is InChI=1S/C14H17N/c1-2-5-11(6-3-1)12-9-13-7-4-8-14(10-12)15-13/h1-3,5-6,9,13-15H,4,7-8,10H2. The molecule has 1 nitrogen and oxygen atoms in total. The molecule has 78 valence electrons. The summed E-state index contributed by atoms with van der Waals surface area (Å²) in [7, 11) is 0. The minimum absolute atomic E-state index is 0.632. The van der Waals surface area contributed by atoms with Crippen LogP contribution in [0, 0.1) is 0 Å². The Morgan fingerprint density at radius 2 is 1.93 bits per heavy atom. The molecule has 1 aromatic carbocycles. The van der Waals surface area contributed by atoms with E-state index >= 15 is 0 Å². The number of benzene rings is 1. The smallest absolute Gasteiger partial charge is 0.0258 e. The first-order valence-electron chi connectivity index (χ1n) is 5.94. The van der Waals surface area contributed by atoms with Crippen molar-refractivity contribution in [1.82, 2.24) is 5.32 Å². The molecule has 0 aliphatic carbocycles. The van der Waals surface area contributed by atoms with Crippen LogP contribution in [0.5, 0.6) is 0 Å². The van der Waals surface area contributed by atoms with Gasteiger partial charge in [0.25, 0.3) is 0 Å². The summed E-state index contributed by atoms with van der Waals surface area (Å²) in [5.74, 6) is 0. The van der Waals surface area contributed by atoms with E-state index in [0.29, 0.717) is 6.04 Å². The highest BCUT2D eigenvalue weighted by Gasteiger charge is 2.25. The average Bonchev–Trinajstić information content (AvgIpc) is 2.30. The lowest BCUT2D eigenvalue weighted by Gasteiger charge is -2.35. The van der Waals surface area contributed by atoms with Crippen molar-refractivity contribution in [2.24, 2.45) is 0 Å². The van der Waals surface area contributed by atoms with Gasteiger partial charge in [0.15, 0.2) is 0 Å². The lowest BCUT2D eigenvalue weighted by molar-refractivity contribution is 0.348. The Bertz CT molecular complexity index is 366. The van der Waals surface area contributed by atoms with Crippen molar-refractivity contribution in [3.63, 3.8) is 0 Å². The normalized spacial score (nSPS) is 29.7. The van der Waals surface area contributed by atoms with Gasteiger partial charge in [0, 0.05) is 12.1 Å². The third-order valence-electron chi connectivity index (χ3n) is 3.53. The number of hydrogen-bond acceptors (Lipinski definition) is 1. The van der Waals surface area contributed by atoms with Crippen molar-refractivity contribution in [1.29, 1.82) is 0 Å². The highest BCUT2D eigenvalue weighted by atomic mass is 15.0. The summed E-state index contributed by atoms with van der Waals surface area (Å²) in [6.07, 6.45) is 7.69. The van der Waals surface area contributed by atoms with Gasteiger partial charge in [0.2, 0.25) is 0 Å². The first kappa shape index (κ1) is 9.17. The fraction of sp³-hybridized carbons (Fsp3) is 0.429. The van der Waals surface area contributed by atoms with Crippen molar-refractivity contribution < 1.29 is 0 Å². The molecule has 2 heterocycles. The Morgan fingerprint density at radius 1 is 1.07 bits per heavy atom. The van der Waals surface area contributed by atoms with Gasteiger partial charge in [-0.25, -0.2) is 0 Å². The number of nitrogens with one attached hydrogen (secondary N) is 1.